The molecule has 0 heterocycles. The van der Waals surface area contributed by atoms with E-state index in [4.69, 9.17) is 14.6 Å². The maximum atomic E-state index is 13.1. The van der Waals surface area contributed by atoms with E-state index in [2.05, 4.69) is 13.8 Å². The van der Waals surface area contributed by atoms with E-state index in [0.29, 0.717) is 24.7 Å². The van der Waals surface area contributed by atoms with Crippen molar-refractivity contribution in [1.29, 1.82) is 0 Å². The van der Waals surface area contributed by atoms with Crippen LogP contribution in [0.1, 0.15) is 65.2 Å². The van der Waals surface area contributed by atoms with Crippen LogP contribution in [0.3, 0.4) is 0 Å². The van der Waals surface area contributed by atoms with E-state index in [-0.39, 0.29) is 36.9 Å². The normalized spacial score (nSPS) is 40.7. The van der Waals surface area contributed by atoms with Crippen molar-refractivity contribution in [2.75, 3.05) is 26.4 Å². The molecule has 0 saturated heterocycles. The molecule has 4 aliphatic rings. The molecule has 0 aromatic carbocycles. The van der Waals surface area contributed by atoms with Gasteiger partial charge in [0.05, 0.1) is 13.2 Å². The minimum atomic E-state index is -1.34. The Morgan fingerprint density at radius 2 is 1.81 bits per heavy atom. The van der Waals surface area contributed by atoms with Crippen molar-refractivity contribution in [3.05, 3.63) is 11.6 Å². The number of ketones is 2. The van der Waals surface area contributed by atoms with Gasteiger partial charge in [0, 0.05) is 11.8 Å². The van der Waals surface area contributed by atoms with Crippen molar-refractivity contribution < 1.29 is 34.1 Å². The molecule has 0 spiro atoms. The second-order valence-corrected chi connectivity index (χ2v) is 10.6. The first-order chi connectivity index (χ1) is 15.2. The highest BCUT2D eigenvalue weighted by atomic mass is 16.6. The van der Waals surface area contributed by atoms with Gasteiger partial charge in [-0.25, -0.2) is 4.79 Å². The molecule has 3 saturated carbocycles. The molecule has 7 nitrogen and oxygen atoms in total. The number of aliphatic hydroxyl groups excluding tert-OH is 2. The fourth-order valence-electron chi connectivity index (χ4n) is 7.81. The summed E-state index contributed by atoms with van der Waals surface area (Å²) in [5.41, 5.74) is -0.555. The molecule has 178 valence electrons. The molecule has 6 atom stereocenters. The summed E-state index contributed by atoms with van der Waals surface area (Å²) >= 11 is 0. The molecular formula is C25H36O7. The highest BCUT2D eigenvalue weighted by Gasteiger charge is 2.68. The lowest BCUT2D eigenvalue weighted by atomic mass is 9.46. The van der Waals surface area contributed by atoms with Gasteiger partial charge in [0.2, 0.25) is 5.78 Å². The number of carbonyl (C=O) groups is 3. The summed E-state index contributed by atoms with van der Waals surface area (Å²) < 4.78 is 11.0. The number of rotatable bonds is 7. The molecule has 4 aliphatic carbocycles. The minimum absolute atomic E-state index is 0.0244. The zero-order chi connectivity index (χ0) is 23.1. The minimum Gasteiger partial charge on any atom is -0.449 e. The lowest BCUT2D eigenvalue weighted by molar-refractivity contribution is -0.194. The number of hydrogen-bond donors (Lipinski definition) is 2. The first kappa shape index (κ1) is 23.6. The number of esters is 1. The second-order valence-electron chi connectivity index (χ2n) is 10.6. The van der Waals surface area contributed by atoms with Gasteiger partial charge in [0.15, 0.2) is 11.4 Å². The third-order valence-corrected chi connectivity index (χ3v) is 9.42. The van der Waals surface area contributed by atoms with Gasteiger partial charge in [-0.2, -0.15) is 0 Å². The summed E-state index contributed by atoms with van der Waals surface area (Å²) in [7, 11) is 0. The van der Waals surface area contributed by atoms with Crippen molar-refractivity contribution >= 4 is 17.5 Å². The van der Waals surface area contributed by atoms with Gasteiger partial charge < -0.3 is 19.7 Å². The van der Waals surface area contributed by atoms with Crippen LogP contribution in [-0.2, 0) is 23.9 Å². The molecule has 32 heavy (non-hydrogen) atoms. The number of carbonyl (C=O) groups excluding carboxylic acids is 3. The predicted octanol–water partition coefficient (Wildman–Crippen LogP) is 2.37. The van der Waals surface area contributed by atoms with E-state index in [1.807, 2.05) is 6.08 Å². The highest BCUT2D eigenvalue weighted by molar-refractivity contribution is 5.92. The Balaban J connectivity index is 1.61. The van der Waals surface area contributed by atoms with Crippen molar-refractivity contribution in [2.45, 2.75) is 70.8 Å². The Kier molecular flexibility index (Phi) is 6.38. The molecule has 4 rings (SSSR count). The van der Waals surface area contributed by atoms with Gasteiger partial charge in [-0.1, -0.05) is 19.4 Å². The first-order valence-corrected chi connectivity index (χ1v) is 12.0. The number of allylic oxidation sites excluding steroid dienone is 1. The Labute approximate surface area is 189 Å². The molecule has 0 amide bonds. The van der Waals surface area contributed by atoms with Crippen LogP contribution in [0.2, 0.25) is 0 Å². The third kappa shape index (κ3) is 3.48. The van der Waals surface area contributed by atoms with Crippen molar-refractivity contribution in [3.8, 4) is 0 Å². The molecule has 0 aromatic heterocycles. The first-order valence-electron chi connectivity index (χ1n) is 12.0. The van der Waals surface area contributed by atoms with Gasteiger partial charge in [0.25, 0.3) is 0 Å². The summed E-state index contributed by atoms with van der Waals surface area (Å²) in [6, 6.07) is 0. The second kappa shape index (κ2) is 8.65. The zero-order valence-corrected chi connectivity index (χ0v) is 19.2. The molecular weight excluding hydrogens is 412 g/mol. The molecule has 3 fully saturated rings. The van der Waals surface area contributed by atoms with E-state index in [0.717, 1.165) is 38.5 Å². The predicted molar refractivity (Wildman–Crippen MR) is 116 cm³/mol. The van der Waals surface area contributed by atoms with E-state index in [9.17, 15) is 19.5 Å². The van der Waals surface area contributed by atoms with E-state index in [1.165, 1.54) is 5.57 Å². The van der Waals surface area contributed by atoms with Gasteiger partial charge in [0.1, 0.15) is 13.2 Å². The lowest BCUT2D eigenvalue weighted by Crippen LogP contribution is -2.60. The summed E-state index contributed by atoms with van der Waals surface area (Å²) in [5, 5.41) is 18.7. The average molecular weight is 449 g/mol. The number of fused-ring (bicyclic) bond motifs is 5. The topological polar surface area (TPSA) is 110 Å². The van der Waals surface area contributed by atoms with E-state index >= 15 is 0 Å². The van der Waals surface area contributed by atoms with Gasteiger partial charge >= 0.3 is 5.97 Å². The number of hydrogen-bond acceptors (Lipinski definition) is 7. The van der Waals surface area contributed by atoms with Crippen LogP contribution in [0.5, 0.6) is 0 Å². The van der Waals surface area contributed by atoms with Crippen LogP contribution in [0.15, 0.2) is 11.6 Å². The molecule has 0 unspecified atom stereocenters. The third-order valence-electron chi connectivity index (χ3n) is 9.42. The van der Waals surface area contributed by atoms with Crippen molar-refractivity contribution in [2.24, 2.45) is 28.6 Å². The smallest absolute Gasteiger partial charge is 0.333 e. The Morgan fingerprint density at radius 3 is 2.53 bits per heavy atom. The standard InChI is InChI=1S/C25H36O7/c1-23-8-5-17(28)13-16(23)3-4-18-19(23)6-9-24(2)20(18)7-10-25(24,21(29)14-27)32-22(30)15-31-12-11-26/h13,18-20,26-27H,3-12,14-15H2,1-2H3/t18-,19+,20+,23+,24+,25+/m1/s1. The van der Waals surface area contributed by atoms with E-state index < -0.39 is 29.4 Å². The maximum Gasteiger partial charge on any atom is 0.333 e. The molecule has 0 aromatic rings. The fourth-order valence-corrected chi connectivity index (χ4v) is 7.81. The number of aliphatic hydroxyl groups is 2. The lowest BCUT2D eigenvalue weighted by Gasteiger charge is -2.59. The fraction of sp³-hybridized carbons (Fsp3) is 0.800. The molecule has 0 bridgehead atoms. The maximum absolute atomic E-state index is 13.1. The van der Waals surface area contributed by atoms with Crippen molar-refractivity contribution in [3.63, 3.8) is 0 Å². The molecule has 2 N–H and O–H groups in total. The van der Waals surface area contributed by atoms with E-state index in [1.54, 1.807) is 0 Å². The van der Waals surface area contributed by atoms with Gasteiger partial charge in [-0.15, -0.1) is 0 Å². The van der Waals surface area contributed by atoms with Crippen molar-refractivity contribution in [1.82, 2.24) is 0 Å². The number of ether oxygens (including phenoxy) is 2. The molecule has 0 aliphatic heterocycles. The van der Waals surface area contributed by atoms with Crippen LogP contribution >= 0.6 is 0 Å². The summed E-state index contributed by atoms with van der Waals surface area (Å²) in [6.45, 7) is 3.22. The summed E-state index contributed by atoms with van der Waals surface area (Å²) in [4.78, 5) is 37.7. The molecule has 7 heteroatoms. The van der Waals surface area contributed by atoms with Crippen LogP contribution in [-0.4, -0.2) is 59.8 Å². The van der Waals surface area contributed by atoms with Gasteiger partial charge in [-0.3, -0.25) is 9.59 Å². The Bertz CT molecular complexity index is 819. The zero-order valence-electron chi connectivity index (χ0n) is 19.2. The van der Waals surface area contributed by atoms with Crippen LogP contribution in [0.25, 0.3) is 0 Å². The largest absolute Gasteiger partial charge is 0.449 e. The monoisotopic (exact) mass is 448 g/mol. The Hall–Kier alpha value is -1.57. The van der Waals surface area contributed by atoms with Crippen LogP contribution in [0.4, 0.5) is 0 Å². The SMILES string of the molecule is C[C@]12CCC(=O)C=C1CC[C@@H]1[C@@H]2CC[C@@]2(C)[C@H]1CC[C@]2(OC(=O)COCCO)C(=O)CO. The summed E-state index contributed by atoms with van der Waals surface area (Å²) in [5.74, 6) is 0.261. The molecule has 0 radical (unpaired) electrons. The summed E-state index contributed by atoms with van der Waals surface area (Å²) in [6.07, 6.45) is 8.12. The quantitative estimate of drug-likeness (QED) is 0.454. The van der Waals surface area contributed by atoms with Gasteiger partial charge in [-0.05, 0) is 74.2 Å². The Morgan fingerprint density at radius 1 is 1.06 bits per heavy atom. The average Bonchev–Trinajstić information content (AvgIpc) is 3.07. The van der Waals surface area contributed by atoms with Crippen LogP contribution in [0, 0.1) is 28.6 Å². The van der Waals surface area contributed by atoms with Crippen LogP contribution < -0.4 is 0 Å². The highest BCUT2D eigenvalue weighted by Crippen LogP contribution is 2.68. The number of Topliss-reactive ketones (excluding diaryl/α,β-unsaturated/α-hetero) is 1.